The summed E-state index contributed by atoms with van der Waals surface area (Å²) in [6.45, 7) is 0.318. The highest BCUT2D eigenvalue weighted by Gasteiger charge is 2.21. The molecule has 1 heterocycles. The molecule has 5 heteroatoms. The topological polar surface area (TPSA) is 58.4 Å². The van der Waals surface area contributed by atoms with E-state index in [0.717, 1.165) is 5.69 Å². The smallest absolute Gasteiger partial charge is 0.243 e. The maximum Gasteiger partial charge on any atom is 0.243 e. The number of hydrogen-bond acceptors (Lipinski definition) is 3. The van der Waals surface area contributed by atoms with Crippen LogP contribution in [0.15, 0.2) is 12.1 Å². The van der Waals surface area contributed by atoms with E-state index in [9.17, 15) is 4.79 Å². The number of carbonyl (C=O) groups excluding carboxylic acids is 1. The van der Waals surface area contributed by atoms with Crippen LogP contribution in [0.4, 0.5) is 17.1 Å². The highest BCUT2D eigenvalue weighted by molar-refractivity contribution is 6.31. The number of anilines is 3. The fourth-order valence-electron chi connectivity index (χ4n) is 1.63. The summed E-state index contributed by atoms with van der Waals surface area (Å²) in [7, 11) is 1.82. The van der Waals surface area contributed by atoms with Gasteiger partial charge in [-0.1, -0.05) is 11.6 Å². The second kappa shape index (κ2) is 3.06. The lowest BCUT2D eigenvalue weighted by atomic mass is 10.1. The Hall–Kier alpha value is -1.42. The van der Waals surface area contributed by atoms with Gasteiger partial charge in [-0.3, -0.25) is 4.79 Å². The fraction of sp³-hybridized carbons (Fsp3) is 0.222. The number of nitrogens with zero attached hydrogens (tertiary/aromatic N) is 1. The summed E-state index contributed by atoms with van der Waals surface area (Å²) in [6.07, 6.45) is 0. The molecule has 1 aliphatic heterocycles. The van der Waals surface area contributed by atoms with E-state index >= 15 is 0 Å². The molecule has 14 heavy (non-hydrogen) atoms. The third kappa shape index (κ3) is 1.37. The zero-order valence-electron chi connectivity index (χ0n) is 7.67. The first-order valence-corrected chi connectivity index (χ1v) is 4.56. The summed E-state index contributed by atoms with van der Waals surface area (Å²) in [6, 6.07) is 3.37. The van der Waals surface area contributed by atoms with E-state index in [0.29, 0.717) is 22.9 Å². The fourth-order valence-corrected chi connectivity index (χ4v) is 1.85. The van der Waals surface area contributed by atoms with Gasteiger partial charge < -0.3 is 16.0 Å². The van der Waals surface area contributed by atoms with Gasteiger partial charge in [-0.05, 0) is 12.1 Å². The molecule has 0 spiro atoms. The molecule has 1 amide bonds. The Morgan fingerprint density at radius 2 is 2.29 bits per heavy atom. The number of nitrogens with two attached hydrogens (primary N) is 1. The zero-order valence-corrected chi connectivity index (χ0v) is 8.43. The average Bonchev–Trinajstić information content (AvgIpc) is 1.99. The maximum atomic E-state index is 11.2. The number of carbonyl (C=O) groups is 1. The van der Waals surface area contributed by atoms with Crippen molar-refractivity contribution in [1.82, 2.24) is 0 Å². The van der Waals surface area contributed by atoms with Crippen molar-refractivity contribution >= 4 is 34.6 Å². The molecule has 1 aromatic rings. The lowest BCUT2D eigenvalue weighted by molar-refractivity contribution is -0.115. The minimum absolute atomic E-state index is 0.0540. The highest BCUT2D eigenvalue weighted by Crippen LogP contribution is 2.36. The largest absolute Gasteiger partial charge is 0.397 e. The van der Waals surface area contributed by atoms with Gasteiger partial charge in [0.2, 0.25) is 5.91 Å². The Kier molecular flexibility index (Phi) is 2.00. The van der Waals surface area contributed by atoms with Crippen molar-refractivity contribution in [3.05, 3.63) is 17.2 Å². The molecule has 3 N–H and O–H groups in total. The lowest BCUT2D eigenvalue weighted by Gasteiger charge is -2.28. The number of amides is 1. The Morgan fingerprint density at radius 1 is 1.57 bits per heavy atom. The summed E-state index contributed by atoms with van der Waals surface area (Å²) in [5.41, 5.74) is 7.88. The molecular weight excluding hydrogens is 202 g/mol. The van der Waals surface area contributed by atoms with Gasteiger partial charge in [-0.15, -0.1) is 0 Å². The van der Waals surface area contributed by atoms with Crippen LogP contribution in [-0.2, 0) is 4.79 Å². The number of halogens is 1. The van der Waals surface area contributed by atoms with E-state index in [1.165, 1.54) is 0 Å². The zero-order chi connectivity index (χ0) is 10.3. The van der Waals surface area contributed by atoms with Crippen LogP contribution in [-0.4, -0.2) is 19.5 Å². The van der Waals surface area contributed by atoms with Gasteiger partial charge in [0.1, 0.15) is 0 Å². The Bertz CT molecular complexity index is 405. The van der Waals surface area contributed by atoms with Crippen molar-refractivity contribution in [2.24, 2.45) is 0 Å². The van der Waals surface area contributed by atoms with Crippen molar-refractivity contribution in [3.63, 3.8) is 0 Å². The predicted molar refractivity (Wildman–Crippen MR) is 57.8 cm³/mol. The highest BCUT2D eigenvalue weighted by atomic mass is 35.5. The second-order valence-electron chi connectivity index (χ2n) is 3.30. The van der Waals surface area contributed by atoms with E-state index in [-0.39, 0.29) is 5.91 Å². The molecule has 0 radical (unpaired) electrons. The molecule has 2 rings (SSSR count). The van der Waals surface area contributed by atoms with Gasteiger partial charge in [0, 0.05) is 12.1 Å². The maximum absolute atomic E-state index is 11.2. The van der Waals surface area contributed by atoms with Gasteiger partial charge in [0.05, 0.1) is 23.6 Å². The summed E-state index contributed by atoms with van der Waals surface area (Å²) in [5.74, 6) is -0.0540. The van der Waals surface area contributed by atoms with E-state index < -0.39 is 0 Å². The van der Waals surface area contributed by atoms with Gasteiger partial charge in [-0.2, -0.15) is 0 Å². The van der Waals surface area contributed by atoms with Crippen molar-refractivity contribution in [2.45, 2.75) is 0 Å². The molecule has 0 saturated carbocycles. The lowest BCUT2D eigenvalue weighted by Crippen LogP contribution is -2.35. The molecule has 0 saturated heterocycles. The molecule has 4 nitrogen and oxygen atoms in total. The van der Waals surface area contributed by atoms with Crippen LogP contribution in [0.3, 0.4) is 0 Å². The number of rotatable bonds is 0. The average molecular weight is 212 g/mol. The van der Waals surface area contributed by atoms with Crippen LogP contribution in [0.1, 0.15) is 0 Å². The molecule has 0 aromatic heterocycles. The Balaban J connectivity index is 2.58. The van der Waals surface area contributed by atoms with Crippen LogP contribution >= 0.6 is 11.6 Å². The number of likely N-dealkylation sites (N-methyl/N-ethyl adjacent to an activating group) is 1. The summed E-state index contributed by atoms with van der Waals surface area (Å²) in [5, 5.41) is 3.25. The summed E-state index contributed by atoms with van der Waals surface area (Å²) in [4.78, 5) is 13.0. The van der Waals surface area contributed by atoms with Crippen molar-refractivity contribution < 1.29 is 4.79 Å². The molecule has 0 fully saturated rings. The minimum Gasteiger partial charge on any atom is -0.397 e. The Morgan fingerprint density at radius 3 is 3.00 bits per heavy atom. The molecule has 1 aliphatic rings. The van der Waals surface area contributed by atoms with Gasteiger partial charge in [0.15, 0.2) is 0 Å². The SMILES string of the molecule is CN1CC(=O)Nc2cc(Cl)cc(N)c21. The number of nitrogens with one attached hydrogen (secondary N) is 1. The third-order valence-electron chi connectivity index (χ3n) is 2.14. The number of fused-ring (bicyclic) bond motifs is 1. The molecule has 74 valence electrons. The van der Waals surface area contributed by atoms with Crippen LogP contribution in [0, 0.1) is 0 Å². The summed E-state index contributed by atoms with van der Waals surface area (Å²) >= 11 is 5.83. The molecule has 1 aromatic carbocycles. The molecular formula is C9H10ClN3O. The first-order valence-electron chi connectivity index (χ1n) is 4.18. The van der Waals surface area contributed by atoms with E-state index in [1.807, 2.05) is 7.05 Å². The van der Waals surface area contributed by atoms with Crippen LogP contribution < -0.4 is 16.0 Å². The van der Waals surface area contributed by atoms with Gasteiger partial charge in [-0.25, -0.2) is 0 Å². The normalized spacial score (nSPS) is 15.0. The molecule has 0 bridgehead atoms. The monoisotopic (exact) mass is 211 g/mol. The van der Waals surface area contributed by atoms with Gasteiger partial charge >= 0.3 is 0 Å². The molecule has 0 atom stereocenters. The molecule has 0 unspecified atom stereocenters. The van der Waals surface area contributed by atoms with Crippen LogP contribution in [0.5, 0.6) is 0 Å². The van der Waals surface area contributed by atoms with E-state index in [1.54, 1.807) is 17.0 Å². The van der Waals surface area contributed by atoms with Crippen LogP contribution in [0.25, 0.3) is 0 Å². The van der Waals surface area contributed by atoms with Crippen molar-refractivity contribution in [2.75, 3.05) is 29.5 Å². The third-order valence-corrected chi connectivity index (χ3v) is 2.36. The van der Waals surface area contributed by atoms with Gasteiger partial charge in [0.25, 0.3) is 0 Å². The quantitative estimate of drug-likeness (QED) is 0.637. The first kappa shape index (κ1) is 9.15. The van der Waals surface area contributed by atoms with Crippen LogP contribution in [0.2, 0.25) is 5.02 Å². The van der Waals surface area contributed by atoms with E-state index in [2.05, 4.69) is 5.32 Å². The Labute approximate surface area is 86.6 Å². The summed E-state index contributed by atoms with van der Waals surface area (Å²) < 4.78 is 0. The van der Waals surface area contributed by atoms with Crippen molar-refractivity contribution in [1.29, 1.82) is 0 Å². The second-order valence-corrected chi connectivity index (χ2v) is 3.73. The van der Waals surface area contributed by atoms with E-state index in [4.69, 9.17) is 17.3 Å². The number of hydrogen-bond donors (Lipinski definition) is 2. The number of benzene rings is 1. The predicted octanol–water partition coefficient (Wildman–Crippen LogP) is 1.31. The number of nitrogen functional groups attached to an aromatic ring is 1. The first-order chi connectivity index (χ1) is 6.58. The standard InChI is InChI=1S/C9H10ClN3O/c1-13-4-8(14)12-7-3-5(10)2-6(11)9(7)13/h2-3H,4,11H2,1H3,(H,12,14). The molecule has 0 aliphatic carbocycles. The van der Waals surface area contributed by atoms with Crippen molar-refractivity contribution in [3.8, 4) is 0 Å². The minimum atomic E-state index is -0.0540.